The maximum absolute atomic E-state index is 12.6. The number of benzene rings is 2. The highest BCUT2D eigenvalue weighted by Crippen LogP contribution is 2.27. The molecule has 27 heavy (non-hydrogen) atoms. The van der Waals surface area contributed by atoms with Gasteiger partial charge in [-0.25, -0.2) is 9.59 Å². The molecule has 0 unspecified atom stereocenters. The molecule has 140 valence electrons. The van der Waals surface area contributed by atoms with Crippen LogP contribution in [-0.4, -0.2) is 25.1 Å². The van der Waals surface area contributed by atoms with Gasteiger partial charge < -0.3 is 19.8 Å². The van der Waals surface area contributed by atoms with Crippen LogP contribution < -0.4 is 16.1 Å². The summed E-state index contributed by atoms with van der Waals surface area (Å²) >= 11 is 3.48. The van der Waals surface area contributed by atoms with E-state index in [2.05, 4.69) is 21.7 Å². The molecule has 0 spiro atoms. The minimum absolute atomic E-state index is 0.322. The van der Waals surface area contributed by atoms with Crippen LogP contribution in [-0.2, 0) is 11.8 Å². The summed E-state index contributed by atoms with van der Waals surface area (Å²) in [7, 11) is 3.19. The van der Waals surface area contributed by atoms with E-state index in [9.17, 15) is 9.59 Å². The molecule has 3 rings (SSSR count). The Balaban J connectivity index is 2.05. The van der Waals surface area contributed by atoms with E-state index in [-0.39, 0.29) is 0 Å². The van der Waals surface area contributed by atoms with Gasteiger partial charge in [-0.1, -0.05) is 28.1 Å². The Hall–Kier alpha value is -2.64. The third kappa shape index (κ3) is 4.20. The number of nitrogens with zero attached hydrogens (tertiary/aromatic N) is 1. The van der Waals surface area contributed by atoms with E-state index < -0.39 is 11.7 Å². The fourth-order valence-corrected chi connectivity index (χ4v) is 3.45. The van der Waals surface area contributed by atoms with E-state index in [4.69, 9.17) is 9.15 Å². The molecule has 0 fully saturated rings. The lowest BCUT2D eigenvalue weighted by molar-refractivity contribution is -0.254. The minimum Gasteiger partial charge on any atom is -0.422 e. The Morgan fingerprint density at radius 2 is 1.96 bits per heavy atom. The third-order valence-corrected chi connectivity index (χ3v) is 4.73. The lowest BCUT2D eigenvalue weighted by Crippen LogP contribution is -2.40. The lowest BCUT2D eigenvalue weighted by atomic mass is 9.99. The number of alkyl halides is 1. The van der Waals surface area contributed by atoms with Crippen LogP contribution in [0.2, 0.25) is 0 Å². The summed E-state index contributed by atoms with van der Waals surface area (Å²) in [6.45, 7) is 0. The smallest absolute Gasteiger partial charge is 0.414 e. The fourth-order valence-electron chi connectivity index (χ4n) is 2.81. The van der Waals surface area contributed by atoms with E-state index in [0.29, 0.717) is 28.6 Å². The SMILES string of the molecule is CN(C)C(=O)Oc1ccc2c(CBr)c(Cc3cccc([NH3+])c3)c(=O)oc2c1. The Kier molecular flexibility index (Phi) is 5.62. The predicted molar refractivity (Wildman–Crippen MR) is 107 cm³/mol. The van der Waals surface area contributed by atoms with Crippen LogP contribution in [0, 0.1) is 0 Å². The molecule has 1 heterocycles. The first-order valence-electron chi connectivity index (χ1n) is 8.33. The number of rotatable bonds is 4. The quantitative estimate of drug-likeness (QED) is 0.507. The summed E-state index contributed by atoms with van der Waals surface area (Å²) in [6, 6.07) is 12.8. The molecule has 3 N–H and O–H groups in total. The summed E-state index contributed by atoms with van der Waals surface area (Å²) in [5, 5.41) is 1.31. The van der Waals surface area contributed by atoms with Crippen LogP contribution in [0.25, 0.3) is 11.0 Å². The lowest BCUT2D eigenvalue weighted by Gasteiger charge is -2.13. The van der Waals surface area contributed by atoms with E-state index >= 15 is 0 Å². The topological polar surface area (TPSA) is 87.4 Å². The first kappa shape index (κ1) is 19.1. The van der Waals surface area contributed by atoms with Gasteiger partial charge in [0.2, 0.25) is 0 Å². The number of carbonyl (C=O) groups is 1. The number of hydrogen-bond acceptors (Lipinski definition) is 4. The zero-order valence-electron chi connectivity index (χ0n) is 15.1. The molecule has 0 saturated heterocycles. The van der Waals surface area contributed by atoms with E-state index in [1.807, 2.05) is 24.3 Å². The van der Waals surface area contributed by atoms with Crippen LogP contribution >= 0.6 is 15.9 Å². The second-order valence-corrected chi connectivity index (χ2v) is 6.96. The standard InChI is InChI=1S/C20H19BrN2O4/c1-23(2)20(25)26-14-6-7-15-17(11-21)16(19(24)27-18(15)10-14)9-12-4-3-5-13(22)8-12/h3-8,10H,9,11,22H2,1-2H3/p+1. The van der Waals surface area contributed by atoms with Crippen molar-refractivity contribution in [1.82, 2.24) is 4.90 Å². The summed E-state index contributed by atoms with van der Waals surface area (Å²) in [5.74, 6) is 0.322. The Morgan fingerprint density at radius 3 is 2.63 bits per heavy atom. The van der Waals surface area contributed by atoms with Gasteiger partial charge >= 0.3 is 11.7 Å². The van der Waals surface area contributed by atoms with Crippen LogP contribution in [0.15, 0.2) is 51.7 Å². The Morgan fingerprint density at radius 1 is 1.19 bits per heavy atom. The average molecular weight is 432 g/mol. The molecule has 7 heteroatoms. The number of quaternary nitrogens is 1. The molecule has 0 radical (unpaired) electrons. The van der Waals surface area contributed by atoms with Crippen LogP contribution in [0.5, 0.6) is 5.75 Å². The van der Waals surface area contributed by atoms with Crippen molar-refractivity contribution >= 4 is 38.7 Å². The highest BCUT2D eigenvalue weighted by atomic mass is 79.9. The molecular formula is C20H20BrN2O4+. The van der Waals surface area contributed by atoms with Gasteiger partial charge in [0, 0.05) is 48.9 Å². The monoisotopic (exact) mass is 431 g/mol. The van der Waals surface area contributed by atoms with Crippen LogP contribution in [0.1, 0.15) is 16.7 Å². The van der Waals surface area contributed by atoms with Gasteiger partial charge in [0.1, 0.15) is 17.0 Å². The maximum Gasteiger partial charge on any atom is 0.414 e. The van der Waals surface area contributed by atoms with Crippen molar-refractivity contribution in [2.75, 3.05) is 14.1 Å². The zero-order valence-corrected chi connectivity index (χ0v) is 16.7. The van der Waals surface area contributed by atoms with E-state index in [1.54, 1.807) is 32.3 Å². The van der Waals surface area contributed by atoms with Gasteiger partial charge in [-0.15, -0.1) is 0 Å². The van der Waals surface area contributed by atoms with Crippen molar-refractivity contribution in [2.24, 2.45) is 0 Å². The first-order chi connectivity index (χ1) is 12.9. The summed E-state index contributed by atoms with van der Waals surface area (Å²) in [4.78, 5) is 25.7. The molecule has 1 amide bonds. The van der Waals surface area contributed by atoms with Crippen molar-refractivity contribution in [3.05, 3.63) is 69.6 Å². The third-order valence-electron chi connectivity index (χ3n) is 4.17. The van der Waals surface area contributed by atoms with Crippen molar-refractivity contribution in [2.45, 2.75) is 11.8 Å². The molecular weight excluding hydrogens is 412 g/mol. The normalized spacial score (nSPS) is 10.8. The van der Waals surface area contributed by atoms with Gasteiger partial charge in [0.05, 0.1) is 0 Å². The second kappa shape index (κ2) is 7.94. The van der Waals surface area contributed by atoms with Crippen molar-refractivity contribution in [1.29, 1.82) is 0 Å². The van der Waals surface area contributed by atoms with Gasteiger partial charge in [0.25, 0.3) is 0 Å². The van der Waals surface area contributed by atoms with E-state index in [1.165, 1.54) is 4.90 Å². The minimum atomic E-state index is -0.498. The molecule has 0 bridgehead atoms. The van der Waals surface area contributed by atoms with Gasteiger partial charge in [-0.3, -0.25) is 0 Å². The van der Waals surface area contributed by atoms with Crippen molar-refractivity contribution in [3.63, 3.8) is 0 Å². The molecule has 0 atom stereocenters. The zero-order chi connectivity index (χ0) is 19.6. The van der Waals surface area contributed by atoms with Crippen LogP contribution in [0.4, 0.5) is 10.5 Å². The largest absolute Gasteiger partial charge is 0.422 e. The molecule has 0 saturated carbocycles. The van der Waals surface area contributed by atoms with Gasteiger partial charge in [-0.2, -0.15) is 0 Å². The van der Waals surface area contributed by atoms with Crippen LogP contribution in [0.3, 0.4) is 0 Å². The van der Waals surface area contributed by atoms with Gasteiger partial charge in [0.15, 0.2) is 0 Å². The predicted octanol–water partition coefficient (Wildman–Crippen LogP) is 3.21. The highest BCUT2D eigenvalue weighted by Gasteiger charge is 2.16. The number of carbonyl (C=O) groups excluding carboxylic acids is 1. The second-order valence-electron chi connectivity index (χ2n) is 6.40. The molecule has 0 aliphatic carbocycles. The molecule has 1 aromatic heterocycles. The number of halogens is 1. The molecule has 3 aromatic rings. The highest BCUT2D eigenvalue weighted by molar-refractivity contribution is 9.08. The average Bonchev–Trinajstić information content (AvgIpc) is 2.62. The van der Waals surface area contributed by atoms with Crippen molar-refractivity contribution in [3.8, 4) is 5.75 Å². The summed E-state index contributed by atoms with van der Waals surface area (Å²) in [5.41, 5.74) is 7.26. The number of ether oxygens (including phenoxy) is 1. The Labute approximate surface area is 164 Å². The number of amides is 1. The maximum atomic E-state index is 12.6. The first-order valence-corrected chi connectivity index (χ1v) is 9.46. The molecule has 6 nitrogen and oxygen atoms in total. The van der Waals surface area contributed by atoms with Gasteiger partial charge in [-0.05, 0) is 29.3 Å². The molecule has 0 aliphatic heterocycles. The Bertz CT molecular complexity index is 1060. The molecule has 2 aromatic carbocycles. The summed E-state index contributed by atoms with van der Waals surface area (Å²) < 4.78 is 10.8. The van der Waals surface area contributed by atoms with Crippen molar-refractivity contribution < 1.29 is 19.7 Å². The summed E-state index contributed by atoms with van der Waals surface area (Å²) in [6.07, 6.45) is -0.0398. The molecule has 0 aliphatic rings. The number of hydrogen-bond donors (Lipinski definition) is 1. The van der Waals surface area contributed by atoms with E-state index in [0.717, 1.165) is 22.2 Å². The fraction of sp³-hybridized carbons (Fsp3) is 0.200. The number of fused-ring (bicyclic) bond motifs is 1.